The molecule has 0 amide bonds. The van der Waals surface area contributed by atoms with Crippen molar-refractivity contribution in [1.29, 1.82) is 0 Å². The Morgan fingerprint density at radius 2 is 1.18 bits per heavy atom. The fourth-order valence-electron chi connectivity index (χ4n) is 2.08. The van der Waals surface area contributed by atoms with Crippen molar-refractivity contribution in [1.82, 2.24) is 10.6 Å². The number of hydrogen-bond acceptors (Lipinski definition) is 2. The largest absolute Gasteiger partial charge is 0.318 e. The van der Waals surface area contributed by atoms with Crippen LogP contribution >= 0.6 is 0 Å². The molecular weight excluding hydrogens is 282 g/mol. The second-order valence-electron chi connectivity index (χ2n) is 4.59. The summed E-state index contributed by atoms with van der Waals surface area (Å²) in [5, 5.41) is 6.45. The van der Waals surface area contributed by atoms with Gasteiger partial charge in [0.1, 0.15) is 11.6 Å². The number of nitrogens with one attached hydrogen (secondary N) is 2. The third-order valence-electron chi connectivity index (χ3n) is 3.13. The van der Waals surface area contributed by atoms with Gasteiger partial charge in [-0.1, -0.05) is 38.1 Å². The highest BCUT2D eigenvalue weighted by Crippen LogP contribution is 2.22. The molecule has 2 aromatic carbocycles. The molecule has 0 saturated carbocycles. The molecule has 2 rings (SSSR count). The summed E-state index contributed by atoms with van der Waals surface area (Å²) in [7, 11) is 1.88. The molecule has 0 aliphatic rings. The molecule has 120 valence electrons. The van der Waals surface area contributed by atoms with Gasteiger partial charge in [0.2, 0.25) is 0 Å². The van der Waals surface area contributed by atoms with Crippen LogP contribution in [0.4, 0.5) is 8.78 Å². The van der Waals surface area contributed by atoms with Gasteiger partial charge in [-0.05, 0) is 42.4 Å². The van der Waals surface area contributed by atoms with Crippen LogP contribution < -0.4 is 10.6 Å². The summed E-state index contributed by atoms with van der Waals surface area (Å²) < 4.78 is 26.1. The first-order chi connectivity index (χ1) is 10.7. The third-order valence-corrected chi connectivity index (χ3v) is 3.13. The molecule has 0 heterocycles. The fourth-order valence-corrected chi connectivity index (χ4v) is 2.08. The van der Waals surface area contributed by atoms with Crippen LogP contribution in [-0.2, 0) is 0 Å². The van der Waals surface area contributed by atoms with E-state index in [4.69, 9.17) is 0 Å². The minimum Gasteiger partial charge on any atom is -0.318 e. The van der Waals surface area contributed by atoms with E-state index in [1.165, 1.54) is 24.3 Å². The standard InChI is InChI=1S/C16H18F2N2.C2H6/c1-19-10-11-20-16(12-2-6-14(17)7-3-12)13-4-8-15(18)9-5-13;1-2/h2-9,16,19-20H,10-11H2,1H3;1-2H3. The zero-order chi connectivity index (χ0) is 16.4. The molecule has 0 aliphatic carbocycles. The van der Waals surface area contributed by atoms with Crippen molar-refractivity contribution in [3.05, 3.63) is 71.3 Å². The van der Waals surface area contributed by atoms with Crippen molar-refractivity contribution in [2.45, 2.75) is 19.9 Å². The Labute approximate surface area is 131 Å². The summed E-state index contributed by atoms with van der Waals surface area (Å²) in [6, 6.07) is 12.6. The highest BCUT2D eigenvalue weighted by molar-refractivity contribution is 5.32. The quantitative estimate of drug-likeness (QED) is 0.791. The second kappa shape index (κ2) is 10.0. The number of rotatable bonds is 6. The van der Waals surface area contributed by atoms with E-state index < -0.39 is 0 Å². The zero-order valence-corrected chi connectivity index (χ0v) is 13.4. The van der Waals surface area contributed by atoms with Crippen LogP contribution in [0, 0.1) is 11.6 Å². The van der Waals surface area contributed by atoms with Gasteiger partial charge in [0.15, 0.2) is 0 Å². The Morgan fingerprint density at radius 3 is 1.55 bits per heavy atom. The molecule has 22 heavy (non-hydrogen) atoms. The van der Waals surface area contributed by atoms with E-state index in [0.29, 0.717) is 0 Å². The van der Waals surface area contributed by atoms with Gasteiger partial charge in [-0.2, -0.15) is 0 Å². The molecule has 0 atom stereocenters. The topological polar surface area (TPSA) is 24.1 Å². The lowest BCUT2D eigenvalue weighted by Gasteiger charge is -2.20. The number of likely N-dealkylation sites (N-methyl/N-ethyl adjacent to an activating group) is 1. The Balaban J connectivity index is 0.00000116. The van der Waals surface area contributed by atoms with Crippen molar-refractivity contribution >= 4 is 0 Å². The first-order valence-electron chi connectivity index (χ1n) is 7.59. The van der Waals surface area contributed by atoms with E-state index >= 15 is 0 Å². The molecule has 0 aromatic heterocycles. The third kappa shape index (κ3) is 5.54. The number of halogens is 2. The SMILES string of the molecule is CC.CNCCNC(c1ccc(F)cc1)c1ccc(F)cc1. The van der Waals surface area contributed by atoms with Crippen molar-refractivity contribution in [2.75, 3.05) is 20.1 Å². The molecule has 2 nitrogen and oxygen atoms in total. The summed E-state index contributed by atoms with van der Waals surface area (Å²) in [6.45, 7) is 5.58. The molecule has 0 fully saturated rings. The van der Waals surface area contributed by atoms with Crippen LogP contribution in [0.15, 0.2) is 48.5 Å². The Bertz CT molecular complexity index is 478. The molecule has 0 spiro atoms. The number of hydrogen-bond donors (Lipinski definition) is 2. The van der Waals surface area contributed by atoms with Gasteiger partial charge in [0.25, 0.3) is 0 Å². The molecule has 4 heteroatoms. The monoisotopic (exact) mass is 306 g/mol. The van der Waals surface area contributed by atoms with E-state index in [0.717, 1.165) is 24.2 Å². The van der Waals surface area contributed by atoms with Crippen molar-refractivity contribution in [2.24, 2.45) is 0 Å². The minimum atomic E-state index is -0.262. The van der Waals surface area contributed by atoms with Gasteiger partial charge < -0.3 is 10.6 Å². The summed E-state index contributed by atoms with van der Waals surface area (Å²) in [4.78, 5) is 0. The molecule has 0 bridgehead atoms. The van der Waals surface area contributed by atoms with Crippen LogP contribution in [-0.4, -0.2) is 20.1 Å². The summed E-state index contributed by atoms with van der Waals surface area (Å²) in [5.74, 6) is -0.524. The fraction of sp³-hybridized carbons (Fsp3) is 0.333. The predicted octanol–water partition coefficient (Wildman–Crippen LogP) is 3.89. The highest BCUT2D eigenvalue weighted by atomic mass is 19.1. The first kappa shape index (κ1) is 18.3. The van der Waals surface area contributed by atoms with E-state index in [1.807, 2.05) is 20.9 Å². The van der Waals surface area contributed by atoms with E-state index in [1.54, 1.807) is 24.3 Å². The molecule has 0 saturated heterocycles. The van der Waals surface area contributed by atoms with Crippen LogP contribution in [0.1, 0.15) is 31.0 Å². The lowest BCUT2D eigenvalue weighted by atomic mass is 9.98. The van der Waals surface area contributed by atoms with Crippen molar-refractivity contribution < 1.29 is 8.78 Å². The highest BCUT2D eigenvalue weighted by Gasteiger charge is 2.13. The minimum absolute atomic E-state index is 0.0791. The lowest BCUT2D eigenvalue weighted by molar-refractivity contribution is 0.580. The lowest BCUT2D eigenvalue weighted by Crippen LogP contribution is -2.29. The van der Waals surface area contributed by atoms with Gasteiger partial charge >= 0.3 is 0 Å². The molecule has 2 N–H and O–H groups in total. The Kier molecular flexibility index (Phi) is 8.33. The van der Waals surface area contributed by atoms with Crippen LogP contribution in [0.5, 0.6) is 0 Å². The molecular formula is C18H24F2N2. The molecule has 2 aromatic rings. The average molecular weight is 306 g/mol. The Hall–Kier alpha value is -1.78. The first-order valence-corrected chi connectivity index (χ1v) is 7.59. The maximum absolute atomic E-state index is 13.0. The van der Waals surface area contributed by atoms with Gasteiger partial charge in [0, 0.05) is 13.1 Å². The van der Waals surface area contributed by atoms with E-state index in [9.17, 15) is 8.78 Å². The van der Waals surface area contributed by atoms with Gasteiger partial charge in [-0.3, -0.25) is 0 Å². The summed E-state index contributed by atoms with van der Waals surface area (Å²) >= 11 is 0. The zero-order valence-electron chi connectivity index (χ0n) is 13.4. The van der Waals surface area contributed by atoms with Crippen molar-refractivity contribution in [3.8, 4) is 0 Å². The maximum atomic E-state index is 13.0. The van der Waals surface area contributed by atoms with Crippen LogP contribution in [0.2, 0.25) is 0 Å². The predicted molar refractivity (Wildman–Crippen MR) is 87.9 cm³/mol. The normalized spacial score (nSPS) is 10.3. The van der Waals surface area contributed by atoms with Crippen LogP contribution in [0.25, 0.3) is 0 Å². The van der Waals surface area contributed by atoms with E-state index in [-0.39, 0.29) is 17.7 Å². The summed E-state index contributed by atoms with van der Waals surface area (Å²) in [5.41, 5.74) is 1.91. The van der Waals surface area contributed by atoms with Gasteiger partial charge in [0.05, 0.1) is 6.04 Å². The number of benzene rings is 2. The smallest absolute Gasteiger partial charge is 0.123 e. The average Bonchev–Trinajstić information content (AvgIpc) is 2.56. The Morgan fingerprint density at radius 1 is 0.773 bits per heavy atom. The van der Waals surface area contributed by atoms with E-state index in [2.05, 4.69) is 10.6 Å². The maximum Gasteiger partial charge on any atom is 0.123 e. The van der Waals surface area contributed by atoms with Crippen LogP contribution in [0.3, 0.4) is 0 Å². The molecule has 0 unspecified atom stereocenters. The summed E-state index contributed by atoms with van der Waals surface area (Å²) in [6.07, 6.45) is 0. The van der Waals surface area contributed by atoms with Gasteiger partial charge in [-0.15, -0.1) is 0 Å². The second-order valence-corrected chi connectivity index (χ2v) is 4.59. The van der Waals surface area contributed by atoms with Gasteiger partial charge in [-0.25, -0.2) is 8.78 Å². The molecule has 0 aliphatic heterocycles. The molecule has 0 radical (unpaired) electrons. The van der Waals surface area contributed by atoms with Crippen molar-refractivity contribution in [3.63, 3.8) is 0 Å².